The van der Waals surface area contributed by atoms with Crippen LogP contribution in [-0.4, -0.2) is 44.9 Å². The van der Waals surface area contributed by atoms with Crippen LogP contribution in [0.3, 0.4) is 0 Å². The Labute approximate surface area is 152 Å². The molecule has 1 unspecified atom stereocenters. The van der Waals surface area contributed by atoms with Crippen LogP contribution in [0.4, 0.5) is 0 Å². The Morgan fingerprint density at radius 1 is 1.15 bits per heavy atom. The quantitative estimate of drug-likeness (QED) is 0.742. The van der Waals surface area contributed by atoms with E-state index in [2.05, 4.69) is 27.3 Å². The van der Waals surface area contributed by atoms with Gasteiger partial charge in [0.05, 0.1) is 6.04 Å². The molecule has 26 heavy (non-hydrogen) atoms. The van der Waals surface area contributed by atoms with E-state index in [0.717, 1.165) is 13.1 Å². The number of aromatic nitrogens is 2. The first-order valence-electron chi connectivity index (χ1n) is 8.96. The molecule has 3 heterocycles. The first-order chi connectivity index (χ1) is 12.7. The van der Waals surface area contributed by atoms with Crippen molar-refractivity contribution in [2.45, 2.75) is 18.9 Å². The molecule has 0 spiro atoms. The van der Waals surface area contributed by atoms with Crippen molar-refractivity contribution >= 4 is 11.6 Å². The smallest absolute Gasteiger partial charge is 0.271 e. The number of nitrogens with one attached hydrogen (secondary N) is 1. The van der Waals surface area contributed by atoms with E-state index in [1.165, 1.54) is 18.4 Å². The number of fused-ring (bicyclic) bond motifs is 1. The average molecular weight is 350 g/mol. The van der Waals surface area contributed by atoms with Gasteiger partial charge in [-0.05, 0) is 43.6 Å². The predicted molar refractivity (Wildman–Crippen MR) is 99.2 cm³/mol. The minimum atomic E-state index is -0.228. The molecule has 0 bridgehead atoms. The second-order valence-electron chi connectivity index (χ2n) is 6.63. The van der Waals surface area contributed by atoms with E-state index < -0.39 is 0 Å². The fourth-order valence-electron chi connectivity index (χ4n) is 3.57. The molecule has 6 heteroatoms. The van der Waals surface area contributed by atoms with Gasteiger partial charge in [-0.15, -0.1) is 0 Å². The minimum Gasteiger partial charge on any atom is -0.504 e. The lowest BCUT2D eigenvalue weighted by Gasteiger charge is -2.28. The van der Waals surface area contributed by atoms with Gasteiger partial charge in [-0.25, -0.2) is 4.98 Å². The summed E-state index contributed by atoms with van der Waals surface area (Å²) >= 11 is 0. The number of benzene rings is 1. The van der Waals surface area contributed by atoms with Crippen LogP contribution in [0.15, 0.2) is 54.9 Å². The van der Waals surface area contributed by atoms with Gasteiger partial charge in [0.15, 0.2) is 11.4 Å². The maximum atomic E-state index is 12.6. The lowest BCUT2D eigenvalue weighted by atomic mass is 10.1. The molecule has 1 amide bonds. The molecule has 134 valence electrons. The van der Waals surface area contributed by atoms with Crippen LogP contribution < -0.4 is 5.32 Å². The third-order valence-electron chi connectivity index (χ3n) is 4.92. The number of likely N-dealkylation sites (tertiary alicyclic amines) is 1. The van der Waals surface area contributed by atoms with Gasteiger partial charge in [-0.1, -0.05) is 30.3 Å². The molecule has 2 N–H and O–H groups in total. The largest absolute Gasteiger partial charge is 0.504 e. The molecule has 1 atom stereocenters. The lowest BCUT2D eigenvalue weighted by Crippen LogP contribution is -2.36. The van der Waals surface area contributed by atoms with E-state index in [9.17, 15) is 9.90 Å². The summed E-state index contributed by atoms with van der Waals surface area (Å²) in [6.07, 6.45) is 5.79. The second kappa shape index (κ2) is 7.17. The van der Waals surface area contributed by atoms with Crippen LogP contribution in [0.5, 0.6) is 5.75 Å². The fourth-order valence-corrected chi connectivity index (χ4v) is 3.57. The Morgan fingerprint density at radius 2 is 1.92 bits per heavy atom. The highest BCUT2D eigenvalue weighted by molar-refractivity contribution is 5.93. The predicted octanol–water partition coefficient (Wildman–Crippen LogP) is 2.61. The van der Waals surface area contributed by atoms with Crippen LogP contribution in [0.2, 0.25) is 0 Å². The Kier molecular flexibility index (Phi) is 4.58. The fraction of sp³-hybridized carbons (Fsp3) is 0.300. The molecule has 1 aromatic carbocycles. The molecule has 3 aromatic rings. The van der Waals surface area contributed by atoms with E-state index in [4.69, 9.17) is 0 Å². The molecule has 1 fully saturated rings. The first-order valence-corrected chi connectivity index (χ1v) is 8.96. The molecule has 2 aromatic heterocycles. The Morgan fingerprint density at radius 3 is 2.65 bits per heavy atom. The van der Waals surface area contributed by atoms with Crippen molar-refractivity contribution < 1.29 is 9.90 Å². The van der Waals surface area contributed by atoms with Crippen LogP contribution in [0.1, 0.15) is 34.9 Å². The van der Waals surface area contributed by atoms with E-state index >= 15 is 0 Å². The van der Waals surface area contributed by atoms with E-state index in [0.29, 0.717) is 17.9 Å². The molecule has 6 nitrogen and oxygen atoms in total. The molecule has 1 saturated heterocycles. The van der Waals surface area contributed by atoms with Gasteiger partial charge in [-0.2, -0.15) is 0 Å². The molecule has 1 aliphatic rings. The Bertz CT molecular complexity index is 901. The van der Waals surface area contributed by atoms with E-state index in [1.54, 1.807) is 28.9 Å². The van der Waals surface area contributed by atoms with Gasteiger partial charge in [0.2, 0.25) is 0 Å². The molecule has 1 aliphatic heterocycles. The van der Waals surface area contributed by atoms with Crippen molar-refractivity contribution in [1.29, 1.82) is 0 Å². The second-order valence-corrected chi connectivity index (χ2v) is 6.63. The number of rotatable bonds is 5. The van der Waals surface area contributed by atoms with Gasteiger partial charge in [0.25, 0.3) is 5.91 Å². The van der Waals surface area contributed by atoms with Crippen LogP contribution >= 0.6 is 0 Å². The summed E-state index contributed by atoms with van der Waals surface area (Å²) in [5.41, 5.74) is 1.90. The van der Waals surface area contributed by atoms with Gasteiger partial charge in [-0.3, -0.25) is 9.69 Å². The van der Waals surface area contributed by atoms with Crippen LogP contribution in [0, 0.1) is 0 Å². The number of pyridine rings is 1. The maximum absolute atomic E-state index is 12.6. The summed E-state index contributed by atoms with van der Waals surface area (Å²) in [5, 5.41) is 12.9. The number of carbonyl (C=O) groups excluding carboxylic acids is 1. The van der Waals surface area contributed by atoms with Crippen LogP contribution in [0.25, 0.3) is 5.65 Å². The minimum absolute atomic E-state index is 0.0609. The summed E-state index contributed by atoms with van der Waals surface area (Å²) in [7, 11) is 0. The normalized spacial score (nSPS) is 16.0. The number of imidazole rings is 1. The Hall–Kier alpha value is -2.86. The van der Waals surface area contributed by atoms with Crippen molar-refractivity contribution in [3.8, 4) is 5.75 Å². The molecule has 4 rings (SSSR count). The molecule has 0 aliphatic carbocycles. The number of amides is 1. The zero-order chi connectivity index (χ0) is 17.9. The van der Waals surface area contributed by atoms with Gasteiger partial charge < -0.3 is 14.8 Å². The highest BCUT2D eigenvalue weighted by Crippen LogP contribution is 2.24. The standard InChI is InChI=1S/C20H22N4O2/c25-18-9-6-12-24-14-16(22-19(18)24)20(26)21-13-17(23-10-4-5-11-23)15-7-2-1-3-8-15/h1-3,6-9,12,14,17,25H,4-5,10-11,13H2,(H,21,26). The third-order valence-corrected chi connectivity index (χ3v) is 4.92. The van der Waals surface area contributed by atoms with Crippen molar-refractivity contribution in [1.82, 2.24) is 19.6 Å². The van der Waals surface area contributed by atoms with Gasteiger partial charge >= 0.3 is 0 Å². The van der Waals surface area contributed by atoms with Crippen molar-refractivity contribution in [3.05, 3.63) is 66.1 Å². The summed E-state index contributed by atoms with van der Waals surface area (Å²) in [5.74, 6) is -0.168. The van der Waals surface area contributed by atoms with Crippen LogP contribution in [-0.2, 0) is 0 Å². The number of carbonyl (C=O) groups is 1. The molecule has 0 saturated carbocycles. The number of nitrogens with zero attached hydrogens (tertiary/aromatic N) is 3. The summed E-state index contributed by atoms with van der Waals surface area (Å²) < 4.78 is 1.65. The van der Waals surface area contributed by atoms with Gasteiger partial charge in [0.1, 0.15) is 5.69 Å². The summed E-state index contributed by atoms with van der Waals surface area (Å²) in [4.78, 5) is 19.3. The monoisotopic (exact) mass is 350 g/mol. The van der Waals surface area contributed by atoms with E-state index in [-0.39, 0.29) is 17.7 Å². The summed E-state index contributed by atoms with van der Waals surface area (Å²) in [6, 6.07) is 13.7. The highest BCUT2D eigenvalue weighted by atomic mass is 16.3. The topological polar surface area (TPSA) is 69.9 Å². The maximum Gasteiger partial charge on any atom is 0.271 e. The average Bonchev–Trinajstić information content (AvgIpc) is 3.33. The summed E-state index contributed by atoms with van der Waals surface area (Å²) in [6.45, 7) is 2.64. The lowest BCUT2D eigenvalue weighted by molar-refractivity contribution is 0.0933. The Balaban J connectivity index is 1.51. The molecule has 0 radical (unpaired) electrons. The first kappa shape index (κ1) is 16.6. The number of hydrogen-bond donors (Lipinski definition) is 2. The molecular formula is C20H22N4O2. The van der Waals surface area contributed by atoms with E-state index in [1.807, 2.05) is 18.2 Å². The highest BCUT2D eigenvalue weighted by Gasteiger charge is 2.24. The van der Waals surface area contributed by atoms with Crippen molar-refractivity contribution in [2.75, 3.05) is 19.6 Å². The SMILES string of the molecule is O=C(NCC(c1ccccc1)N1CCCC1)c1cn2cccc(O)c2n1. The number of aromatic hydroxyl groups is 1. The zero-order valence-corrected chi connectivity index (χ0v) is 14.5. The van der Waals surface area contributed by atoms with Gasteiger partial charge in [0, 0.05) is 18.9 Å². The number of hydrogen-bond acceptors (Lipinski definition) is 4. The third kappa shape index (κ3) is 3.28. The molecular weight excluding hydrogens is 328 g/mol. The van der Waals surface area contributed by atoms with Crippen molar-refractivity contribution in [2.24, 2.45) is 0 Å². The van der Waals surface area contributed by atoms with Crippen molar-refractivity contribution in [3.63, 3.8) is 0 Å². The zero-order valence-electron chi connectivity index (χ0n) is 14.5.